The second-order valence-corrected chi connectivity index (χ2v) is 132. The van der Waals surface area contributed by atoms with E-state index in [4.69, 9.17) is 24.4 Å². The van der Waals surface area contributed by atoms with Gasteiger partial charge in [-0.25, -0.2) is 0 Å². The van der Waals surface area contributed by atoms with Crippen molar-refractivity contribution < 1.29 is 7.89 Å². The first kappa shape index (κ1) is 46.4. The van der Waals surface area contributed by atoms with Gasteiger partial charge in [0.25, 0.3) is 0 Å². The van der Waals surface area contributed by atoms with E-state index in [1.54, 1.807) is 0 Å². The first-order valence-corrected chi connectivity index (χ1v) is 49.7. The maximum atomic E-state index is 9.19. The molecule has 0 aliphatic heterocycles. The number of halogens is 4. The van der Waals surface area contributed by atoms with Gasteiger partial charge in [0.15, 0.2) is 0 Å². The van der Waals surface area contributed by atoms with E-state index in [1.165, 1.54) is 67.0 Å². The van der Waals surface area contributed by atoms with E-state index in [0.29, 0.717) is 0 Å². The molecule has 2 aliphatic carbocycles. The summed E-state index contributed by atoms with van der Waals surface area (Å²) >= 11 is 9.52. The van der Waals surface area contributed by atoms with E-state index >= 15 is 0 Å². The fourth-order valence-corrected chi connectivity index (χ4v) is 57.2. The number of fused-ring (bicyclic) bond motifs is 2. The van der Waals surface area contributed by atoms with Crippen LogP contribution in [0.15, 0.2) is 96.1 Å². The Balaban J connectivity index is 1.59. The summed E-state index contributed by atoms with van der Waals surface area (Å²) in [7, 11) is 11.8. The normalized spacial score (nSPS) is 19.1. The van der Waals surface area contributed by atoms with Gasteiger partial charge in [-0.3, -0.25) is 0 Å². The summed E-state index contributed by atoms with van der Waals surface area (Å²) in [5.74, 6) is -1.67. The van der Waals surface area contributed by atoms with Crippen molar-refractivity contribution in [2.45, 2.75) is 89.6 Å². The monoisotopic (exact) mass is 1040 g/mol. The molecular formula is C50H69Br2Cl2N2SiZr+2. The van der Waals surface area contributed by atoms with Crippen molar-refractivity contribution >= 4 is 70.9 Å². The molecule has 0 saturated heterocycles. The molecule has 0 bridgehead atoms. The average Bonchev–Trinajstić information content (AvgIpc) is 3.83. The summed E-state index contributed by atoms with van der Waals surface area (Å²) in [5, 5.41) is 0. The third-order valence-corrected chi connectivity index (χ3v) is 120. The molecule has 4 aromatic rings. The number of hydrogen-bond donors (Lipinski definition) is 0. The molecule has 0 fully saturated rings. The van der Waals surface area contributed by atoms with Crippen LogP contribution in [-0.4, -0.2) is 45.2 Å². The first-order valence-electron chi connectivity index (χ1n) is 22.2. The van der Waals surface area contributed by atoms with Crippen molar-refractivity contribution in [3.8, 4) is 22.3 Å². The van der Waals surface area contributed by atoms with Gasteiger partial charge < -0.3 is 0 Å². The van der Waals surface area contributed by atoms with Crippen LogP contribution in [0.4, 0.5) is 11.4 Å². The molecule has 2 unspecified atom stereocenters. The van der Waals surface area contributed by atoms with Gasteiger partial charge in [-0.1, -0.05) is 0 Å². The molecule has 2 atom stereocenters. The van der Waals surface area contributed by atoms with Crippen LogP contribution in [0.5, 0.6) is 0 Å². The Bertz CT molecular complexity index is 2110. The van der Waals surface area contributed by atoms with E-state index in [-0.39, 0.29) is 19.1 Å². The standard InChI is InChI=1S/2C24H31N.C2H7Si.2BrH.2ClH.Zr/c2*1-6-25(7-2,8-3)22-14-12-19(13-15-22)23-11-9-10-20-16-21(18(4)5)17-24(20)23;1-3-2;;;;;/h2*9-18H,6-8H2,1-5H3;3H,1-2H3;4*1H;/q2*+1;;;;;;+4/p-4. The minimum atomic E-state index is -6.60. The number of nitrogens with zero attached hydrogens (tertiary/aromatic N) is 2. The SMILES string of the molecule is CC[N+](CC)(CC)c1ccc(-c2cccc3c2C=C(C(C)C)[CH]3[Zr]([Cl])([Cl])([Br])([Br])([CH]2C(C(C)C)=Cc3c(-c4ccc([N+](CC)(CC)CC)cc4)cccc32)[SiH](C)C)cc1. The fraction of sp³-hybridized carbons (Fsp3) is 0.440. The van der Waals surface area contributed by atoms with Crippen molar-refractivity contribution in [2.75, 3.05) is 39.3 Å². The quantitative estimate of drug-likeness (QED) is 0.0822. The Morgan fingerprint density at radius 3 is 1.10 bits per heavy atom. The summed E-state index contributed by atoms with van der Waals surface area (Å²) in [6.45, 7) is 34.3. The van der Waals surface area contributed by atoms with Gasteiger partial charge in [-0.2, -0.15) is 0 Å². The van der Waals surface area contributed by atoms with E-state index in [2.05, 4.69) is 179 Å². The number of allylic oxidation sites excluding steroid dienone is 2. The van der Waals surface area contributed by atoms with Crippen LogP contribution in [0.2, 0.25) is 13.1 Å². The van der Waals surface area contributed by atoms with Crippen molar-refractivity contribution in [1.82, 2.24) is 8.97 Å². The molecule has 0 saturated carbocycles. The zero-order valence-corrected chi connectivity index (χ0v) is 45.6. The van der Waals surface area contributed by atoms with Crippen LogP contribution < -0.4 is 8.97 Å². The Morgan fingerprint density at radius 1 is 0.534 bits per heavy atom. The van der Waals surface area contributed by atoms with Crippen molar-refractivity contribution in [3.05, 3.63) is 118 Å². The summed E-state index contributed by atoms with van der Waals surface area (Å²) < 4.78 is 1.51. The third-order valence-electron chi connectivity index (χ3n) is 15.7. The van der Waals surface area contributed by atoms with Gasteiger partial charge in [0.2, 0.25) is 0 Å². The Kier molecular flexibility index (Phi) is 12.3. The topological polar surface area (TPSA) is 0 Å². The molecule has 2 nitrogen and oxygen atoms in total. The van der Waals surface area contributed by atoms with E-state index < -0.39 is 13.8 Å². The summed E-state index contributed by atoms with van der Waals surface area (Å²) in [6, 6.07) is 32.4. The molecule has 313 valence electrons. The van der Waals surface area contributed by atoms with Crippen molar-refractivity contribution in [3.63, 3.8) is 0 Å². The third kappa shape index (κ3) is 6.83. The van der Waals surface area contributed by atoms with Crippen LogP contribution in [0, 0.1) is 11.8 Å². The molecule has 0 amide bonds. The maximum absolute atomic E-state index is 9.19. The molecule has 6 rings (SSSR count). The second-order valence-electron chi connectivity index (χ2n) is 18.8. The molecule has 4 aromatic carbocycles. The fourth-order valence-electron chi connectivity index (χ4n) is 11.3. The molecule has 0 heterocycles. The predicted molar refractivity (Wildman–Crippen MR) is 270 cm³/mol. The van der Waals surface area contributed by atoms with Crippen LogP contribution in [0.25, 0.3) is 34.4 Å². The Hall–Kier alpha value is -1.08. The zero-order chi connectivity index (χ0) is 42.7. The number of rotatable bonds is 15. The number of benzene rings is 4. The Morgan fingerprint density at radius 2 is 0.845 bits per heavy atom. The minimum absolute atomic E-state index is 0.221. The van der Waals surface area contributed by atoms with Crippen LogP contribution in [0.1, 0.15) is 98.7 Å². The van der Waals surface area contributed by atoms with E-state index in [0.717, 1.165) is 48.2 Å². The summed E-state index contributed by atoms with van der Waals surface area (Å²) in [4.78, 5) is 0. The van der Waals surface area contributed by atoms with Gasteiger partial charge in [0.05, 0.1) is 0 Å². The van der Waals surface area contributed by atoms with Crippen LogP contribution in [-0.2, 0) is 7.89 Å². The van der Waals surface area contributed by atoms with Crippen molar-refractivity contribution in [2.24, 2.45) is 11.8 Å². The van der Waals surface area contributed by atoms with Crippen molar-refractivity contribution in [1.29, 1.82) is 0 Å². The molecule has 0 radical (unpaired) electrons. The molecule has 0 spiro atoms. The van der Waals surface area contributed by atoms with Crippen LogP contribution in [0.3, 0.4) is 0 Å². The van der Waals surface area contributed by atoms with E-state index in [1.807, 2.05) is 0 Å². The zero-order valence-electron chi connectivity index (χ0n) is 37.3. The van der Waals surface area contributed by atoms with Gasteiger partial charge >= 0.3 is 369 Å². The predicted octanol–water partition coefficient (Wildman–Crippen LogP) is 16.3. The average molecular weight is 1050 g/mol. The molecule has 0 N–H and O–H groups in total. The summed E-state index contributed by atoms with van der Waals surface area (Å²) in [5.41, 5.74) is 15.3. The second kappa shape index (κ2) is 15.3. The van der Waals surface area contributed by atoms with Crippen LogP contribution >= 0.6 is 41.5 Å². The van der Waals surface area contributed by atoms with Gasteiger partial charge in [-0.05, 0) is 0 Å². The van der Waals surface area contributed by atoms with Gasteiger partial charge in [0, 0.05) is 0 Å². The van der Waals surface area contributed by atoms with Gasteiger partial charge in [-0.15, -0.1) is 0 Å². The molecule has 8 heteroatoms. The molecular weight excluding hydrogens is 979 g/mol. The number of hydrogen-bond acceptors (Lipinski definition) is 0. The molecule has 58 heavy (non-hydrogen) atoms. The first-order chi connectivity index (χ1) is 27.1. The Labute approximate surface area is 365 Å². The van der Waals surface area contributed by atoms with E-state index in [9.17, 15) is 17.0 Å². The molecule has 2 aliphatic rings. The molecule has 0 aromatic heterocycles. The number of quaternary nitrogens is 2. The summed E-state index contributed by atoms with van der Waals surface area (Å²) in [6.07, 6.45) is 4.92. The van der Waals surface area contributed by atoms with Gasteiger partial charge in [0.1, 0.15) is 0 Å².